The Morgan fingerprint density at radius 1 is 1.04 bits per heavy atom. The number of aliphatic imine (C=N–C) groups is 1. The van der Waals surface area contributed by atoms with E-state index < -0.39 is 15.6 Å². The van der Waals surface area contributed by atoms with Crippen molar-refractivity contribution in [3.63, 3.8) is 0 Å². The van der Waals surface area contributed by atoms with Gasteiger partial charge in [0.2, 0.25) is 0 Å². The first-order chi connectivity index (χ1) is 12.1. The van der Waals surface area contributed by atoms with Gasteiger partial charge in [-0.25, -0.2) is 0 Å². The molecule has 2 rings (SSSR count). The van der Waals surface area contributed by atoms with Gasteiger partial charge in [-0.05, 0) is 29.7 Å². The van der Waals surface area contributed by atoms with Crippen LogP contribution in [0.15, 0.2) is 65.7 Å². The lowest BCUT2D eigenvalue weighted by Crippen LogP contribution is -2.21. The number of allylic oxidation sites excluding steroid dienone is 1. The van der Waals surface area contributed by atoms with Crippen LogP contribution in [0.2, 0.25) is 0 Å². The molecule has 0 aliphatic rings. The first kappa shape index (κ1) is 21.6. The molecular weight excluding hydrogens is 367 g/mol. The maximum Gasteiger partial charge on any atom is 0.522 e. The van der Waals surface area contributed by atoms with Crippen molar-refractivity contribution >= 4 is 28.1 Å². The Hall–Kier alpha value is -2.45. The maximum absolute atomic E-state index is 10.7. The molecule has 0 atom stereocenters. The molecule has 0 fully saturated rings. The molecule has 0 amide bonds. The molecule has 8 heteroatoms. The van der Waals surface area contributed by atoms with Gasteiger partial charge in [-0.3, -0.25) is 9.55 Å². The standard InChI is InChI=1S/C17H17N.CHF3O3S/c1-2-16-12-6-7-13-17(16)18-14-8-11-15-9-4-3-5-10-15;2-1(3,4)8(5,6)7/h3-14H,2H2,1H3;(H,5,6,7). The van der Waals surface area contributed by atoms with Crippen LogP contribution in [0.5, 0.6) is 0 Å². The van der Waals surface area contributed by atoms with Gasteiger partial charge < -0.3 is 0 Å². The Morgan fingerprint density at radius 2 is 1.58 bits per heavy atom. The van der Waals surface area contributed by atoms with E-state index in [1.807, 2.05) is 42.6 Å². The van der Waals surface area contributed by atoms with E-state index in [2.05, 4.69) is 42.3 Å². The molecule has 0 aliphatic heterocycles. The van der Waals surface area contributed by atoms with E-state index in [0.29, 0.717) is 0 Å². The molecule has 0 spiro atoms. The molecule has 4 nitrogen and oxygen atoms in total. The van der Waals surface area contributed by atoms with Crippen LogP contribution in [0.25, 0.3) is 6.08 Å². The highest BCUT2D eigenvalue weighted by Crippen LogP contribution is 2.20. The molecule has 26 heavy (non-hydrogen) atoms. The fourth-order valence-corrected chi connectivity index (χ4v) is 1.78. The lowest BCUT2D eigenvalue weighted by atomic mass is 10.1. The van der Waals surface area contributed by atoms with Crippen LogP contribution >= 0.6 is 0 Å². The number of nitrogens with zero attached hydrogens (tertiary/aromatic N) is 1. The Kier molecular flexibility index (Phi) is 8.21. The molecule has 0 aliphatic carbocycles. The monoisotopic (exact) mass is 385 g/mol. The number of rotatable bonds is 4. The van der Waals surface area contributed by atoms with Crippen molar-refractivity contribution in [2.45, 2.75) is 18.9 Å². The number of hydrogen-bond donors (Lipinski definition) is 1. The normalized spacial score (nSPS) is 12.2. The van der Waals surface area contributed by atoms with E-state index in [1.54, 1.807) is 0 Å². The third-order valence-electron chi connectivity index (χ3n) is 3.05. The van der Waals surface area contributed by atoms with E-state index in [9.17, 15) is 13.2 Å². The fourth-order valence-electron chi connectivity index (χ4n) is 1.78. The van der Waals surface area contributed by atoms with Gasteiger partial charge in [0.25, 0.3) is 0 Å². The van der Waals surface area contributed by atoms with E-state index in [-0.39, 0.29) is 0 Å². The van der Waals surface area contributed by atoms with Crippen molar-refractivity contribution < 1.29 is 26.1 Å². The average Bonchev–Trinajstić information content (AvgIpc) is 2.59. The molecule has 0 aromatic heterocycles. The Morgan fingerprint density at radius 3 is 2.12 bits per heavy atom. The fraction of sp³-hybridized carbons (Fsp3) is 0.167. The molecule has 2 aromatic carbocycles. The lowest BCUT2D eigenvalue weighted by molar-refractivity contribution is -0.0510. The highest BCUT2D eigenvalue weighted by molar-refractivity contribution is 7.86. The van der Waals surface area contributed by atoms with Crippen LogP contribution in [0.3, 0.4) is 0 Å². The minimum absolute atomic E-state index is 1.01. The minimum Gasteiger partial charge on any atom is -0.279 e. The Labute approximate surface area is 150 Å². The second-order valence-electron chi connectivity index (χ2n) is 4.95. The van der Waals surface area contributed by atoms with E-state index in [4.69, 9.17) is 13.0 Å². The topological polar surface area (TPSA) is 66.7 Å². The quantitative estimate of drug-likeness (QED) is 0.454. The molecule has 0 saturated heterocycles. The van der Waals surface area contributed by atoms with Crippen molar-refractivity contribution in [3.8, 4) is 0 Å². The molecule has 0 heterocycles. The largest absolute Gasteiger partial charge is 0.522 e. The number of hydrogen-bond acceptors (Lipinski definition) is 3. The summed E-state index contributed by atoms with van der Waals surface area (Å²) in [5.74, 6) is 0. The van der Waals surface area contributed by atoms with Crippen molar-refractivity contribution in [1.82, 2.24) is 0 Å². The second-order valence-corrected chi connectivity index (χ2v) is 6.36. The minimum atomic E-state index is -5.84. The SMILES string of the molecule is CCc1ccccc1N=CC=Cc1ccccc1.O=S(=O)(O)C(F)(F)F. The number of aryl methyl sites for hydroxylation is 1. The summed E-state index contributed by atoms with van der Waals surface area (Å²) in [6.45, 7) is 2.15. The van der Waals surface area contributed by atoms with E-state index >= 15 is 0 Å². The lowest BCUT2D eigenvalue weighted by Gasteiger charge is -2.00. The number of halogens is 3. The summed E-state index contributed by atoms with van der Waals surface area (Å²) in [5.41, 5.74) is -2.01. The van der Waals surface area contributed by atoms with Crippen LogP contribution in [0.1, 0.15) is 18.1 Å². The molecule has 0 bridgehead atoms. The van der Waals surface area contributed by atoms with Crippen LogP contribution in [0.4, 0.5) is 18.9 Å². The predicted molar refractivity (Wildman–Crippen MR) is 97.1 cm³/mol. The molecule has 2 aromatic rings. The van der Waals surface area contributed by atoms with Crippen molar-refractivity contribution in [3.05, 3.63) is 71.8 Å². The predicted octanol–water partition coefficient (Wildman–Crippen LogP) is 5.06. The summed E-state index contributed by atoms with van der Waals surface area (Å²) in [7, 11) is -5.84. The Bertz CT molecular complexity index is 845. The summed E-state index contributed by atoms with van der Waals surface area (Å²) in [6.07, 6.45) is 6.89. The van der Waals surface area contributed by atoms with Crippen molar-refractivity contribution in [2.24, 2.45) is 4.99 Å². The number of alkyl halides is 3. The molecule has 1 N–H and O–H groups in total. The van der Waals surface area contributed by atoms with Gasteiger partial charge in [-0.2, -0.15) is 21.6 Å². The smallest absolute Gasteiger partial charge is 0.279 e. The summed E-state index contributed by atoms with van der Waals surface area (Å²) < 4.78 is 57.5. The van der Waals surface area contributed by atoms with Crippen LogP contribution in [-0.2, 0) is 16.5 Å². The van der Waals surface area contributed by atoms with Gasteiger partial charge in [-0.1, -0.05) is 61.5 Å². The third kappa shape index (κ3) is 7.62. The van der Waals surface area contributed by atoms with E-state index in [0.717, 1.165) is 12.1 Å². The van der Waals surface area contributed by atoms with E-state index in [1.165, 1.54) is 11.1 Å². The van der Waals surface area contributed by atoms with Crippen LogP contribution < -0.4 is 0 Å². The van der Waals surface area contributed by atoms with Crippen molar-refractivity contribution in [2.75, 3.05) is 0 Å². The average molecular weight is 385 g/mol. The first-order valence-electron chi connectivity index (χ1n) is 7.52. The van der Waals surface area contributed by atoms with Crippen LogP contribution in [-0.4, -0.2) is 24.7 Å². The summed E-state index contributed by atoms with van der Waals surface area (Å²) in [4.78, 5) is 4.48. The highest BCUT2D eigenvalue weighted by atomic mass is 32.2. The molecule has 0 saturated carbocycles. The van der Waals surface area contributed by atoms with Crippen LogP contribution in [0, 0.1) is 0 Å². The zero-order chi connectivity index (χ0) is 19.6. The zero-order valence-electron chi connectivity index (χ0n) is 13.9. The molecular formula is C18H18F3NO3S. The summed E-state index contributed by atoms with van der Waals surface area (Å²) in [6, 6.07) is 18.5. The van der Waals surface area contributed by atoms with Gasteiger partial charge in [0.05, 0.1) is 5.69 Å². The number of benzene rings is 2. The maximum atomic E-state index is 10.7. The van der Waals surface area contributed by atoms with Gasteiger partial charge in [0.15, 0.2) is 0 Å². The third-order valence-corrected chi connectivity index (χ3v) is 3.64. The zero-order valence-corrected chi connectivity index (χ0v) is 14.7. The van der Waals surface area contributed by atoms with Gasteiger partial charge in [0, 0.05) is 6.21 Å². The summed E-state index contributed by atoms with van der Waals surface area (Å²) >= 11 is 0. The van der Waals surface area contributed by atoms with Crippen molar-refractivity contribution in [1.29, 1.82) is 0 Å². The molecule has 140 valence electrons. The van der Waals surface area contributed by atoms with Gasteiger partial charge >= 0.3 is 15.6 Å². The highest BCUT2D eigenvalue weighted by Gasteiger charge is 2.44. The number of para-hydroxylation sites is 1. The van der Waals surface area contributed by atoms with Gasteiger partial charge in [-0.15, -0.1) is 0 Å². The van der Waals surface area contributed by atoms with Gasteiger partial charge in [0.1, 0.15) is 0 Å². The first-order valence-corrected chi connectivity index (χ1v) is 8.96. The second kappa shape index (κ2) is 9.88. The summed E-state index contributed by atoms with van der Waals surface area (Å²) in [5, 5.41) is 0. The molecule has 0 unspecified atom stereocenters. The Balaban J connectivity index is 0.000000359. The molecule has 0 radical (unpaired) electrons.